The van der Waals surface area contributed by atoms with Crippen LogP contribution in [0.25, 0.3) is 5.65 Å². The van der Waals surface area contributed by atoms with Crippen LogP contribution in [0.3, 0.4) is 0 Å². The SMILES string of the molecule is CN(CC(O)C(F)(F)F)C(=O)Cn1nc2ccccn2c1=O. The van der Waals surface area contributed by atoms with Gasteiger partial charge in [0.2, 0.25) is 5.91 Å². The number of fused-ring (bicyclic) bond motifs is 1. The third-order valence-electron chi connectivity index (χ3n) is 3.02. The lowest BCUT2D eigenvalue weighted by Crippen LogP contribution is -2.43. The molecule has 0 bridgehead atoms. The first kappa shape index (κ1) is 16.0. The number of aromatic nitrogens is 3. The van der Waals surface area contributed by atoms with Gasteiger partial charge in [0.05, 0.1) is 6.54 Å². The molecule has 2 aromatic heterocycles. The Morgan fingerprint density at radius 1 is 1.45 bits per heavy atom. The highest BCUT2D eigenvalue weighted by Crippen LogP contribution is 2.20. The Bertz CT molecular complexity index is 737. The minimum atomic E-state index is -4.81. The van der Waals surface area contributed by atoms with Crippen LogP contribution >= 0.6 is 0 Å². The minimum absolute atomic E-state index is 0.318. The van der Waals surface area contributed by atoms with Gasteiger partial charge < -0.3 is 10.0 Å². The number of pyridine rings is 1. The molecule has 0 aromatic carbocycles. The van der Waals surface area contributed by atoms with E-state index in [1.807, 2.05) is 0 Å². The molecule has 0 radical (unpaired) electrons. The van der Waals surface area contributed by atoms with Crippen LogP contribution in [0.1, 0.15) is 0 Å². The summed E-state index contributed by atoms with van der Waals surface area (Å²) in [5.41, 5.74) is -0.257. The molecule has 120 valence electrons. The second-order valence-electron chi connectivity index (χ2n) is 4.70. The molecule has 1 amide bonds. The monoisotopic (exact) mass is 318 g/mol. The zero-order valence-corrected chi connectivity index (χ0v) is 11.5. The fraction of sp³-hybridized carbons (Fsp3) is 0.417. The Balaban J connectivity index is 2.10. The quantitative estimate of drug-likeness (QED) is 0.852. The number of likely N-dealkylation sites (N-methyl/N-ethyl adjacent to an activating group) is 1. The second-order valence-corrected chi connectivity index (χ2v) is 4.70. The van der Waals surface area contributed by atoms with Crippen molar-refractivity contribution in [3.05, 3.63) is 34.9 Å². The predicted molar refractivity (Wildman–Crippen MR) is 69.2 cm³/mol. The van der Waals surface area contributed by atoms with E-state index < -0.39 is 37.0 Å². The van der Waals surface area contributed by atoms with E-state index in [0.717, 1.165) is 11.7 Å². The number of hydrogen-bond acceptors (Lipinski definition) is 4. The first-order chi connectivity index (χ1) is 10.2. The molecule has 2 aromatic rings. The van der Waals surface area contributed by atoms with Gasteiger partial charge in [-0.1, -0.05) is 6.07 Å². The molecule has 2 heterocycles. The molecule has 0 spiro atoms. The highest BCUT2D eigenvalue weighted by Gasteiger charge is 2.39. The van der Waals surface area contributed by atoms with Gasteiger partial charge in [-0.15, -0.1) is 5.10 Å². The Morgan fingerprint density at radius 2 is 2.14 bits per heavy atom. The van der Waals surface area contributed by atoms with E-state index in [1.165, 1.54) is 10.6 Å². The van der Waals surface area contributed by atoms with Crippen LogP contribution in [-0.2, 0) is 11.3 Å². The van der Waals surface area contributed by atoms with Crippen LogP contribution in [0.15, 0.2) is 29.2 Å². The summed E-state index contributed by atoms with van der Waals surface area (Å²) in [4.78, 5) is 24.5. The summed E-state index contributed by atoms with van der Waals surface area (Å²) in [6, 6.07) is 4.81. The van der Waals surface area contributed by atoms with Crippen LogP contribution in [0.2, 0.25) is 0 Å². The highest BCUT2D eigenvalue weighted by atomic mass is 19.4. The van der Waals surface area contributed by atoms with Gasteiger partial charge in [0.1, 0.15) is 6.54 Å². The number of halogens is 3. The summed E-state index contributed by atoms with van der Waals surface area (Å²) >= 11 is 0. The van der Waals surface area contributed by atoms with Crippen molar-refractivity contribution < 1.29 is 23.1 Å². The van der Waals surface area contributed by atoms with Crippen molar-refractivity contribution in [3.8, 4) is 0 Å². The lowest BCUT2D eigenvalue weighted by Gasteiger charge is -2.22. The standard InChI is InChI=1S/C12H13F3N4O3/c1-17(6-8(20)12(13,14)15)10(21)7-19-11(22)18-5-3-2-4-9(18)16-19/h2-5,8,20H,6-7H2,1H3. The zero-order valence-electron chi connectivity index (χ0n) is 11.5. The van der Waals surface area contributed by atoms with E-state index in [-0.39, 0.29) is 0 Å². The van der Waals surface area contributed by atoms with Crippen molar-refractivity contribution >= 4 is 11.6 Å². The molecular weight excluding hydrogens is 305 g/mol. The second kappa shape index (κ2) is 5.79. The molecule has 0 aliphatic heterocycles. The van der Waals surface area contributed by atoms with Gasteiger partial charge in [0, 0.05) is 13.2 Å². The van der Waals surface area contributed by atoms with Crippen molar-refractivity contribution in [2.45, 2.75) is 18.8 Å². The molecule has 2 rings (SSSR count). The Labute approximate surface area is 122 Å². The van der Waals surface area contributed by atoms with E-state index in [9.17, 15) is 22.8 Å². The van der Waals surface area contributed by atoms with E-state index >= 15 is 0 Å². The Kier molecular flexibility index (Phi) is 4.22. The van der Waals surface area contributed by atoms with Gasteiger partial charge in [-0.05, 0) is 12.1 Å². The van der Waals surface area contributed by atoms with Gasteiger partial charge in [-0.3, -0.25) is 9.20 Å². The summed E-state index contributed by atoms with van der Waals surface area (Å²) in [5, 5.41) is 12.8. The van der Waals surface area contributed by atoms with Crippen molar-refractivity contribution in [2.75, 3.05) is 13.6 Å². The van der Waals surface area contributed by atoms with Crippen molar-refractivity contribution in [1.82, 2.24) is 19.1 Å². The molecule has 0 fully saturated rings. The number of hydrogen-bond donors (Lipinski definition) is 1. The van der Waals surface area contributed by atoms with Crippen molar-refractivity contribution in [3.63, 3.8) is 0 Å². The topological polar surface area (TPSA) is 79.8 Å². The predicted octanol–water partition coefficient (Wildman–Crippen LogP) is -0.122. The molecule has 1 unspecified atom stereocenters. The highest BCUT2D eigenvalue weighted by molar-refractivity contribution is 5.75. The van der Waals surface area contributed by atoms with E-state index in [2.05, 4.69) is 5.10 Å². The number of aliphatic hydroxyl groups excluding tert-OH is 1. The van der Waals surface area contributed by atoms with Gasteiger partial charge in [-0.25, -0.2) is 9.48 Å². The molecule has 0 aliphatic rings. The number of alkyl halides is 3. The zero-order chi connectivity index (χ0) is 16.5. The maximum absolute atomic E-state index is 12.2. The average molecular weight is 318 g/mol. The number of aliphatic hydroxyl groups is 1. The molecule has 1 atom stereocenters. The van der Waals surface area contributed by atoms with E-state index in [4.69, 9.17) is 5.11 Å². The smallest absolute Gasteiger partial charge is 0.382 e. The van der Waals surface area contributed by atoms with Crippen LogP contribution in [0.5, 0.6) is 0 Å². The van der Waals surface area contributed by atoms with Crippen molar-refractivity contribution in [1.29, 1.82) is 0 Å². The molecule has 1 N–H and O–H groups in total. The number of amides is 1. The first-order valence-electron chi connectivity index (χ1n) is 6.23. The summed E-state index contributed by atoms with van der Waals surface area (Å²) in [6.45, 7) is -1.42. The molecule has 0 saturated carbocycles. The first-order valence-corrected chi connectivity index (χ1v) is 6.23. The molecule has 0 aliphatic carbocycles. The molecule has 7 nitrogen and oxygen atoms in total. The van der Waals surface area contributed by atoms with E-state index in [1.54, 1.807) is 18.2 Å². The third kappa shape index (κ3) is 3.27. The molecule has 10 heteroatoms. The summed E-state index contributed by atoms with van der Waals surface area (Å²) in [5.74, 6) is -0.770. The molecular formula is C12H13F3N4O3. The van der Waals surface area contributed by atoms with Crippen molar-refractivity contribution in [2.24, 2.45) is 0 Å². The van der Waals surface area contributed by atoms with Crippen LogP contribution < -0.4 is 5.69 Å². The Morgan fingerprint density at radius 3 is 2.73 bits per heavy atom. The maximum Gasteiger partial charge on any atom is 0.416 e. The Hall–Kier alpha value is -2.36. The van der Waals surface area contributed by atoms with Gasteiger partial charge >= 0.3 is 11.9 Å². The van der Waals surface area contributed by atoms with Gasteiger partial charge in [0.25, 0.3) is 0 Å². The summed E-state index contributed by atoms with van der Waals surface area (Å²) in [6.07, 6.45) is -5.99. The number of carbonyl (C=O) groups excluding carboxylic acids is 1. The van der Waals surface area contributed by atoms with Gasteiger partial charge in [-0.2, -0.15) is 13.2 Å². The largest absolute Gasteiger partial charge is 0.416 e. The molecule has 22 heavy (non-hydrogen) atoms. The van der Waals surface area contributed by atoms with Crippen LogP contribution in [0, 0.1) is 0 Å². The number of rotatable bonds is 4. The van der Waals surface area contributed by atoms with E-state index in [0.29, 0.717) is 10.5 Å². The van der Waals surface area contributed by atoms with Crippen LogP contribution in [0.4, 0.5) is 13.2 Å². The van der Waals surface area contributed by atoms with Crippen LogP contribution in [-0.4, -0.2) is 56.0 Å². The lowest BCUT2D eigenvalue weighted by atomic mass is 10.3. The normalized spacial score (nSPS) is 13.3. The fourth-order valence-corrected chi connectivity index (χ4v) is 1.78. The third-order valence-corrected chi connectivity index (χ3v) is 3.02. The summed E-state index contributed by atoms with van der Waals surface area (Å²) < 4.78 is 38.8. The summed E-state index contributed by atoms with van der Waals surface area (Å²) in [7, 11) is 1.11. The minimum Gasteiger partial charge on any atom is -0.382 e. The van der Waals surface area contributed by atoms with Gasteiger partial charge in [0.15, 0.2) is 11.8 Å². The fourth-order valence-electron chi connectivity index (χ4n) is 1.78. The lowest BCUT2D eigenvalue weighted by molar-refractivity contribution is -0.207. The number of carbonyl (C=O) groups is 1. The number of nitrogens with zero attached hydrogens (tertiary/aromatic N) is 4. The average Bonchev–Trinajstić information content (AvgIpc) is 2.75. The molecule has 0 saturated heterocycles. The maximum atomic E-state index is 12.2.